The molecule has 0 aliphatic heterocycles. The molecule has 3 aromatic rings. The topological polar surface area (TPSA) is 108 Å². The second kappa shape index (κ2) is 14.3. The lowest BCUT2D eigenvalue weighted by Crippen LogP contribution is -2.56. The molecule has 0 bridgehead atoms. The maximum absolute atomic E-state index is 14.4. The summed E-state index contributed by atoms with van der Waals surface area (Å²) >= 11 is 0. The lowest BCUT2D eigenvalue weighted by Gasteiger charge is -2.38. The van der Waals surface area contributed by atoms with Gasteiger partial charge in [0.25, 0.3) is 0 Å². The van der Waals surface area contributed by atoms with Crippen molar-refractivity contribution in [2.24, 2.45) is 0 Å². The molecule has 218 valence electrons. The number of amides is 3. The molecule has 8 heteroatoms. The van der Waals surface area contributed by atoms with Gasteiger partial charge in [-0.05, 0) is 62.9 Å². The zero-order valence-corrected chi connectivity index (χ0v) is 24.5. The van der Waals surface area contributed by atoms with Gasteiger partial charge in [-0.25, -0.2) is 4.79 Å². The van der Waals surface area contributed by atoms with Gasteiger partial charge in [0.1, 0.15) is 23.4 Å². The van der Waals surface area contributed by atoms with Crippen molar-refractivity contribution in [2.75, 3.05) is 0 Å². The Balaban J connectivity index is 2.02. The summed E-state index contributed by atoms with van der Waals surface area (Å²) in [5.74, 6) is -0.738. The summed E-state index contributed by atoms with van der Waals surface area (Å²) < 4.78 is 5.49. The van der Waals surface area contributed by atoms with Gasteiger partial charge in [0.2, 0.25) is 11.8 Å². The third kappa shape index (κ3) is 9.38. The van der Waals surface area contributed by atoms with E-state index >= 15 is 0 Å². The van der Waals surface area contributed by atoms with Crippen molar-refractivity contribution in [2.45, 2.75) is 77.7 Å². The van der Waals surface area contributed by atoms with Crippen LogP contribution in [0.1, 0.15) is 63.8 Å². The summed E-state index contributed by atoms with van der Waals surface area (Å²) in [7, 11) is 0. The van der Waals surface area contributed by atoms with Crippen LogP contribution in [0.15, 0.2) is 84.9 Å². The van der Waals surface area contributed by atoms with Crippen LogP contribution in [0.25, 0.3) is 0 Å². The number of hydrogen-bond acceptors (Lipinski definition) is 5. The standard InChI is InChI=1S/C33H41N3O5/c1-6-23(2)36(31(39)28(21-24-13-9-7-10-14-24)35-32(40)41-33(3,4)5)29(26-17-19-27(37)20-18-26)30(38)34-22-25-15-11-8-12-16-25/h7-20,23,28-29,37H,6,21-22H2,1-5H3,(H,34,38)(H,35,40). The number of hydrogen-bond donors (Lipinski definition) is 3. The summed E-state index contributed by atoms with van der Waals surface area (Å²) in [6.45, 7) is 9.36. The Kier molecular flexibility index (Phi) is 10.9. The number of carbonyl (C=O) groups is 3. The van der Waals surface area contributed by atoms with Crippen molar-refractivity contribution in [1.82, 2.24) is 15.5 Å². The minimum Gasteiger partial charge on any atom is -0.508 e. The first-order chi connectivity index (χ1) is 19.5. The Morgan fingerprint density at radius 3 is 1.98 bits per heavy atom. The van der Waals surface area contributed by atoms with E-state index in [0.29, 0.717) is 12.0 Å². The third-order valence-corrected chi connectivity index (χ3v) is 6.64. The molecule has 3 rings (SSSR count). The van der Waals surface area contributed by atoms with Crippen LogP contribution in [0.5, 0.6) is 5.75 Å². The van der Waals surface area contributed by atoms with Crippen molar-refractivity contribution < 1.29 is 24.2 Å². The van der Waals surface area contributed by atoms with Gasteiger partial charge in [0, 0.05) is 19.0 Å². The van der Waals surface area contributed by atoms with E-state index in [9.17, 15) is 19.5 Å². The van der Waals surface area contributed by atoms with Crippen molar-refractivity contribution in [3.8, 4) is 5.75 Å². The zero-order valence-electron chi connectivity index (χ0n) is 24.5. The molecule has 3 atom stereocenters. The summed E-state index contributed by atoms with van der Waals surface area (Å²) in [6, 6.07) is 22.8. The minimum atomic E-state index is -1.01. The molecule has 0 spiro atoms. The Morgan fingerprint density at radius 2 is 1.44 bits per heavy atom. The van der Waals surface area contributed by atoms with Crippen LogP contribution in [-0.4, -0.2) is 45.6 Å². The molecule has 41 heavy (non-hydrogen) atoms. The summed E-state index contributed by atoms with van der Waals surface area (Å²) in [5, 5.41) is 15.7. The fraction of sp³-hybridized carbons (Fsp3) is 0.364. The molecule has 8 nitrogen and oxygen atoms in total. The zero-order chi connectivity index (χ0) is 30.0. The molecule has 0 heterocycles. The Morgan fingerprint density at radius 1 is 0.878 bits per heavy atom. The average molecular weight is 560 g/mol. The van der Waals surface area contributed by atoms with Crippen LogP contribution >= 0.6 is 0 Å². The van der Waals surface area contributed by atoms with Crippen molar-refractivity contribution in [3.05, 3.63) is 102 Å². The Labute approximate surface area is 242 Å². The summed E-state index contributed by atoms with van der Waals surface area (Å²) in [4.78, 5) is 42.7. The van der Waals surface area contributed by atoms with E-state index in [1.165, 1.54) is 17.0 Å². The average Bonchev–Trinajstić information content (AvgIpc) is 2.94. The van der Waals surface area contributed by atoms with Crippen molar-refractivity contribution in [3.63, 3.8) is 0 Å². The first kappa shape index (κ1) is 31.2. The Hall–Kier alpha value is -4.33. The van der Waals surface area contributed by atoms with E-state index in [1.54, 1.807) is 32.9 Å². The number of phenolic OH excluding ortho intramolecular Hbond substituents is 1. The van der Waals surface area contributed by atoms with Gasteiger partial charge >= 0.3 is 6.09 Å². The molecule has 0 aliphatic carbocycles. The van der Waals surface area contributed by atoms with Crippen LogP contribution in [-0.2, 0) is 27.3 Å². The molecule has 0 aliphatic rings. The van der Waals surface area contributed by atoms with Crippen molar-refractivity contribution in [1.29, 1.82) is 0 Å². The molecular formula is C33H41N3O5. The Bertz CT molecular complexity index is 1270. The molecule has 3 aromatic carbocycles. The lowest BCUT2D eigenvalue weighted by molar-refractivity contribution is -0.145. The number of ether oxygens (including phenoxy) is 1. The summed E-state index contributed by atoms with van der Waals surface area (Å²) in [6.07, 6.45) is 0.0573. The normalized spacial score (nSPS) is 13.4. The fourth-order valence-electron chi connectivity index (χ4n) is 4.45. The maximum atomic E-state index is 14.4. The third-order valence-electron chi connectivity index (χ3n) is 6.64. The molecule has 3 amide bonds. The van der Waals surface area contributed by atoms with Gasteiger partial charge in [-0.3, -0.25) is 9.59 Å². The van der Waals surface area contributed by atoms with Gasteiger partial charge in [-0.1, -0.05) is 79.7 Å². The van der Waals surface area contributed by atoms with Gasteiger partial charge in [0.05, 0.1) is 0 Å². The molecule has 0 radical (unpaired) electrons. The SMILES string of the molecule is CCC(C)N(C(=O)C(Cc1ccccc1)NC(=O)OC(C)(C)C)C(C(=O)NCc1ccccc1)c1ccc(O)cc1. The number of nitrogens with zero attached hydrogens (tertiary/aromatic N) is 1. The van der Waals surface area contributed by atoms with E-state index in [2.05, 4.69) is 10.6 Å². The predicted octanol–water partition coefficient (Wildman–Crippen LogP) is 5.51. The van der Waals surface area contributed by atoms with E-state index in [0.717, 1.165) is 11.1 Å². The van der Waals surface area contributed by atoms with Crippen LogP contribution in [0.4, 0.5) is 4.79 Å². The predicted molar refractivity (Wildman–Crippen MR) is 159 cm³/mol. The molecule has 0 aromatic heterocycles. The minimum absolute atomic E-state index is 0.0483. The molecular weight excluding hydrogens is 518 g/mol. The number of phenols is 1. The number of rotatable bonds is 11. The number of aromatic hydroxyl groups is 1. The molecule has 3 N–H and O–H groups in total. The van der Waals surface area contributed by atoms with Gasteiger partial charge in [-0.15, -0.1) is 0 Å². The van der Waals surface area contributed by atoms with E-state index < -0.39 is 29.7 Å². The largest absolute Gasteiger partial charge is 0.508 e. The first-order valence-corrected chi connectivity index (χ1v) is 13.9. The number of alkyl carbamates (subject to hydrolysis) is 1. The number of carbonyl (C=O) groups excluding carboxylic acids is 3. The van der Waals surface area contributed by atoms with Gasteiger partial charge in [0.15, 0.2) is 0 Å². The second-order valence-corrected chi connectivity index (χ2v) is 11.1. The highest BCUT2D eigenvalue weighted by Gasteiger charge is 2.38. The fourth-order valence-corrected chi connectivity index (χ4v) is 4.45. The van der Waals surface area contributed by atoms with E-state index in [-0.39, 0.29) is 30.7 Å². The highest BCUT2D eigenvalue weighted by atomic mass is 16.6. The molecule has 0 saturated carbocycles. The first-order valence-electron chi connectivity index (χ1n) is 13.9. The second-order valence-electron chi connectivity index (χ2n) is 11.1. The molecule has 0 fully saturated rings. The van der Waals surface area contributed by atoms with Crippen LogP contribution in [0, 0.1) is 0 Å². The monoisotopic (exact) mass is 559 g/mol. The smallest absolute Gasteiger partial charge is 0.408 e. The quantitative estimate of drug-likeness (QED) is 0.287. The molecule has 3 unspecified atom stereocenters. The van der Waals surface area contributed by atoms with Crippen LogP contribution in [0.2, 0.25) is 0 Å². The number of nitrogens with one attached hydrogen (secondary N) is 2. The molecule has 0 saturated heterocycles. The highest BCUT2D eigenvalue weighted by Crippen LogP contribution is 2.28. The van der Waals surface area contributed by atoms with Crippen LogP contribution < -0.4 is 10.6 Å². The highest BCUT2D eigenvalue weighted by molar-refractivity contribution is 5.92. The summed E-state index contributed by atoms with van der Waals surface area (Å²) in [5.41, 5.74) is 1.55. The van der Waals surface area contributed by atoms with Crippen LogP contribution in [0.3, 0.4) is 0 Å². The van der Waals surface area contributed by atoms with Gasteiger partial charge in [-0.2, -0.15) is 0 Å². The number of benzene rings is 3. The van der Waals surface area contributed by atoms with E-state index in [4.69, 9.17) is 4.74 Å². The maximum Gasteiger partial charge on any atom is 0.408 e. The van der Waals surface area contributed by atoms with Crippen molar-refractivity contribution >= 4 is 17.9 Å². The van der Waals surface area contributed by atoms with E-state index in [1.807, 2.05) is 74.5 Å². The lowest BCUT2D eigenvalue weighted by atomic mass is 9.97. The van der Waals surface area contributed by atoms with Gasteiger partial charge < -0.3 is 25.4 Å².